The highest BCUT2D eigenvalue weighted by atomic mass is 35.5. The van der Waals surface area contributed by atoms with Gasteiger partial charge in [0, 0.05) is 30.4 Å². The van der Waals surface area contributed by atoms with Crippen molar-refractivity contribution in [3.63, 3.8) is 0 Å². The molecule has 4 rings (SSSR count). The van der Waals surface area contributed by atoms with Gasteiger partial charge in [-0.25, -0.2) is 22.2 Å². The van der Waals surface area contributed by atoms with Crippen LogP contribution < -0.4 is 10.6 Å². The molecule has 1 aliphatic carbocycles. The van der Waals surface area contributed by atoms with Gasteiger partial charge in [-0.1, -0.05) is 42.1 Å². The Morgan fingerprint density at radius 2 is 1.95 bits per heavy atom. The Hall–Kier alpha value is -3.46. The maximum Gasteiger partial charge on any atom is 0.337 e. The molecule has 0 radical (unpaired) electrons. The average molecular weight is 544 g/mol. The molecule has 1 unspecified atom stereocenters. The Balaban J connectivity index is 1.72. The van der Waals surface area contributed by atoms with E-state index in [9.17, 15) is 28.4 Å². The van der Waals surface area contributed by atoms with Crippen molar-refractivity contribution in [2.45, 2.75) is 62.6 Å². The lowest BCUT2D eigenvalue weighted by molar-refractivity contribution is -0.123. The smallest absolute Gasteiger partial charge is 0.337 e. The molecule has 0 aliphatic heterocycles. The molecule has 1 amide bonds. The van der Waals surface area contributed by atoms with Gasteiger partial charge >= 0.3 is 5.97 Å². The van der Waals surface area contributed by atoms with Crippen LogP contribution in [0.15, 0.2) is 41.6 Å². The van der Waals surface area contributed by atoms with Crippen LogP contribution in [0.3, 0.4) is 0 Å². The molecule has 0 saturated heterocycles. The fraction of sp³-hybridized carbons (Fsp3) is 0.360. The van der Waals surface area contributed by atoms with Crippen LogP contribution in [0, 0.1) is 18.3 Å². The number of fused-ring (bicyclic) bond motifs is 1. The normalized spacial score (nSPS) is 14.9. The third-order valence-electron chi connectivity index (χ3n) is 6.49. The SMILES string of the molecule is Cc1ccc(S(=O)(=O)n2cc(C(=O)O)c3c(CNC(CC#N)C(=O)NC4CCCC4)c(Cl)cnc32)cc1. The average Bonchev–Trinajstić information content (AvgIpc) is 3.51. The molecule has 2 aromatic heterocycles. The van der Waals surface area contributed by atoms with Crippen LogP contribution in [0.4, 0.5) is 0 Å². The maximum absolute atomic E-state index is 13.4. The number of amides is 1. The molecule has 1 aliphatic rings. The van der Waals surface area contributed by atoms with Gasteiger partial charge in [-0.15, -0.1) is 0 Å². The molecule has 0 spiro atoms. The minimum atomic E-state index is -4.17. The van der Waals surface area contributed by atoms with Gasteiger partial charge in [0.05, 0.1) is 28.0 Å². The summed E-state index contributed by atoms with van der Waals surface area (Å²) in [5.74, 6) is -1.69. The highest BCUT2D eigenvalue weighted by Crippen LogP contribution is 2.31. The predicted molar refractivity (Wildman–Crippen MR) is 137 cm³/mol. The largest absolute Gasteiger partial charge is 0.478 e. The van der Waals surface area contributed by atoms with E-state index in [-0.39, 0.29) is 57.0 Å². The standard InChI is InChI=1S/C25H26ClN5O5S/c1-15-6-8-17(9-7-15)37(35,36)31-14-19(25(33)34)22-18(20(26)13-29-23(22)31)12-28-21(10-11-27)24(32)30-16-4-2-3-5-16/h6-9,13-14,16,21,28H,2-5,10,12H2,1H3,(H,30,32)(H,33,34). The van der Waals surface area contributed by atoms with Crippen LogP contribution in [0.5, 0.6) is 0 Å². The van der Waals surface area contributed by atoms with Gasteiger partial charge < -0.3 is 15.7 Å². The second-order valence-corrected chi connectivity index (χ2v) is 11.3. The number of carboxylic acid groups (broad SMARTS) is 1. The Bertz CT molecular complexity index is 1490. The quantitative estimate of drug-likeness (QED) is 0.371. The van der Waals surface area contributed by atoms with E-state index in [0.29, 0.717) is 0 Å². The number of hydrogen-bond donors (Lipinski definition) is 3. The van der Waals surface area contributed by atoms with Crippen molar-refractivity contribution >= 4 is 44.5 Å². The van der Waals surface area contributed by atoms with Gasteiger partial charge in [-0.2, -0.15) is 5.26 Å². The monoisotopic (exact) mass is 543 g/mol. The summed E-state index contributed by atoms with van der Waals surface area (Å²) in [6.07, 6.45) is 5.97. The molecule has 1 saturated carbocycles. The zero-order valence-electron chi connectivity index (χ0n) is 20.1. The summed E-state index contributed by atoms with van der Waals surface area (Å²) in [7, 11) is -4.17. The van der Waals surface area contributed by atoms with Crippen molar-refractivity contribution in [2.75, 3.05) is 0 Å². The molecule has 10 nitrogen and oxygen atoms in total. The Morgan fingerprint density at radius 3 is 2.57 bits per heavy atom. The summed E-state index contributed by atoms with van der Waals surface area (Å²) < 4.78 is 27.6. The summed E-state index contributed by atoms with van der Waals surface area (Å²) >= 11 is 6.40. The number of nitrogens with zero attached hydrogens (tertiary/aromatic N) is 3. The number of carboxylic acids is 1. The molecule has 2 heterocycles. The van der Waals surface area contributed by atoms with Gasteiger partial charge in [-0.3, -0.25) is 4.79 Å². The van der Waals surface area contributed by atoms with Crippen LogP contribution in [0.25, 0.3) is 11.0 Å². The molecule has 37 heavy (non-hydrogen) atoms. The second-order valence-electron chi connectivity index (χ2n) is 9.03. The van der Waals surface area contributed by atoms with Crippen molar-refractivity contribution < 1.29 is 23.1 Å². The molecule has 0 bridgehead atoms. The summed E-state index contributed by atoms with van der Waals surface area (Å²) in [4.78, 5) is 29.1. The number of rotatable bonds is 9. The molecular weight excluding hydrogens is 518 g/mol. The van der Waals surface area contributed by atoms with Crippen molar-refractivity contribution in [2.24, 2.45) is 0 Å². The molecule has 1 aromatic carbocycles. The van der Waals surface area contributed by atoms with Crippen LogP contribution in [-0.2, 0) is 21.4 Å². The van der Waals surface area contributed by atoms with Gasteiger partial charge in [0.1, 0.15) is 6.04 Å². The highest BCUT2D eigenvalue weighted by Gasteiger charge is 2.28. The second kappa shape index (κ2) is 10.9. The highest BCUT2D eigenvalue weighted by molar-refractivity contribution is 7.90. The maximum atomic E-state index is 13.4. The Labute approximate surface area is 219 Å². The lowest BCUT2D eigenvalue weighted by atomic mass is 10.1. The number of pyridine rings is 1. The first-order valence-corrected chi connectivity index (χ1v) is 13.6. The third kappa shape index (κ3) is 5.46. The van der Waals surface area contributed by atoms with Gasteiger partial charge in [0.2, 0.25) is 5.91 Å². The first kappa shape index (κ1) is 26.6. The summed E-state index contributed by atoms with van der Waals surface area (Å²) in [6, 6.07) is 7.34. The van der Waals surface area contributed by atoms with E-state index < -0.39 is 22.0 Å². The van der Waals surface area contributed by atoms with E-state index in [1.165, 1.54) is 18.3 Å². The topological polar surface area (TPSA) is 154 Å². The number of halogens is 1. The minimum absolute atomic E-state index is 0.0268. The van der Waals surface area contributed by atoms with Gasteiger partial charge in [-0.05, 0) is 37.5 Å². The first-order chi connectivity index (χ1) is 17.6. The van der Waals surface area contributed by atoms with E-state index in [1.807, 2.05) is 13.0 Å². The number of nitriles is 1. The molecule has 194 valence electrons. The van der Waals surface area contributed by atoms with E-state index in [4.69, 9.17) is 11.6 Å². The van der Waals surface area contributed by atoms with E-state index in [1.54, 1.807) is 12.1 Å². The molecule has 12 heteroatoms. The first-order valence-electron chi connectivity index (χ1n) is 11.8. The van der Waals surface area contributed by atoms with Crippen molar-refractivity contribution in [1.82, 2.24) is 19.6 Å². The van der Waals surface area contributed by atoms with Crippen LogP contribution >= 0.6 is 11.6 Å². The van der Waals surface area contributed by atoms with Gasteiger partial charge in [0.15, 0.2) is 5.65 Å². The van der Waals surface area contributed by atoms with Crippen LogP contribution in [-0.4, -0.2) is 46.4 Å². The zero-order valence-corrected chi connectivity index (χ0v) is 21.6. The summed E-state index contributed by atoms with van der Waals surface area (Å²) in [5.41, 5.74) is 0.722. The van der Waals surface area contributed by atoms with Gasteiger partial charge in [0.25, 0.3) is 10.0 Å². The molecule has 3 N–H and O–H groups in total. The lowest BCUT2D eigenvalue weighted by Gasteiger charge is -2.20. The number of aromatic carboxylic acids is 1. The Kier molecular flexibility index (Phi) is 7.82. The Morgan fingerprint density at radius 1 is 1.27 bits per heavy atom. The summed E-state index contributed by atoms with van der Waals surface area (Å²) in [6.45, 7) is 1.73. The van der Waals surface area contributed by atoms with E-state index >= 15 is 0 Å². The predicted octanol–water partition coefficient (Wildman–Crippen LogP) is 3.36. The number of benzene rings is 1. The molecular formula is C25H26ClN5O5S. The molecule has 1 fully saturated rings. The number of carbonyl (C=O) groups is 2. The van der Waals surface area contributed by atoms with E-state index in [2.05, 4.69) is 15.6 Å². The fourth-order valence-electron chi connectivity index (χ4n) is 4.50. The number of hydrogen-bond acceptors (Lipinski definition) is 7. The van der Waals surface area contributed by atoms with Crippen LogP contribution in [0.2, 0.25) is 5.02 Å². The fourth-order valence-corrected chi connectivity index (χ4v) is 6.02. The molecule has 1 atom stereocenters. The number of carbonyl (C=O) groups excluding carboxylic acids is 1. The number of aryl methyl sites for hydroxylation is 1. The van der Waals surface area contributed by atoms with Crippen LogP contribution in [0.1, 0.15) is 53.6 Å². The molecule has 3 aromatic rings. The number of aromatic nitrogens is 2. The van der Waals surface area contributed by atoms with Crippen molar-refractivity contribution in [3.8, 4) is 6.07 Å². The summed E-state index contributed by atoms with van der Waals surface area (Å²) in [5, 5.41) is 25.2. The van der Waals surface area contributed by atoms with Crippen molar-refractivity contribution in [3.05, 3.63) is 58.4 Å². The number of nitrogens with one attached hydrogen (secondary N) is 2. The zero-order chi connectivity index (χ0) is 26.7. The van der Waals surface area contributed by atoms with Crippen molar-refractivity contribution in [1.29, 1.82) is 5.26 Å². The minimum Gasteiger partial charge on any atom is -0.478 e. The third-order valence-corrected chi connectivity index (χ3v) is 8.48. The lowest BCUT2D eigenvalue weighted by Crippen LogP contribution is -2.46. The van der Waals surface area contributed by atoms with E-state index in [0.717, 1.165) is 41.4 Å².